The molecule has 2 atom stereocenters. The van der Waals surface area contributed by atoms with Gasteiger partial charge in [-0.2, -0.15) is 13.2 Å². The monoisotopic (exact) mass is 304 g/mol. The molecule has 0 radical (unpaired) electrons. The summed E-state index contributed by atoms with van der Waals surface area (Å²) >= 11 is 0. The van der Waals surface area contributed by atoms with E-state index in [-0.39, 0.29) is 17.6 Å². The fraction of sp³-hybridized carbons (Fsp3) is 0.533. The minimum absolute atomic E-state index is 0.185. The molecule has 0 aliphatic heterocycles. The normalized spacial score (nSPS) is 22.9. The summed E-state index contributed by atoms with van der Waals surface area (Å²) in [6, 6.07) is 2.16. The fourth-order valence-corrected chi connectivity index (χ4v) is 2.53. The van der Waals surface area contributed by atoms with Crippen LogP contribution >= 0.6 is 0 Å². The lowest BCUT2D eigenvalue weighted by Crippen LogP contribution is -2.28. The van der Waals surface area contributed by atoms with E-state index in [1.807, 2.05) is 6.92 Å². The van der Waals surface area contributed by atoms with E-state index >= 15 is 0 Å². The summed E-state index contributed by atoms with van der Waals surface area (Å²) in [4.78, 5) is 11.9. The first-order valence-corrected chi connectivity index (χ1v) is 6.87. The Morgan fingerprint density at radius 1 is 1.24 bits per heavy atom. The van der Waals surface area contributed by atoms with E-state index in [4.69, 9.17) is 4.74 Å². The third kappa shape index (κ3) is 3.74. The summed E-state index contributed by atoms with van der Waals surface area (Å²) in [6.07, 6.45) is -1.50. The van der Waals surface area contributed by atoms with Crippen LogP contribution in [0.2, 0.25) is 0 Å². The first kappa shape index (κ1) is 15.8. The average molecular weight is 304 g/mol. The Balaban J connectivity index is 2.16. The number of carbonyl (C=O) groups is 1. The topological polar surface area (TPSA) is 26.3 Å². The van der Waals surface area contributed by atoms with Gasteiger partial charge in [0.25, 0.3) is 0 Å². The van der Waals surface area contributed by atoms with E-state index in [9.17, 15) is 22.4 Å². The predicted molar refractivity (Wildman–Crippen MR) is 68.2 cm³/mol. The summed E-state index contributed by atoms with van der Waals surface area (Å²) in [5.41, 5.74) is -1.73. The van der Waals surface area contributed by atoms with Crippen LogP contribution in [0, 0.1) is 11.7 Å². The van der Waals surface area contributed by atoms with Gasteiger partial charge < -0.3 is 4.74 Å². The van der Waals surface area contributed by atoms with Crippen LogP contribution in [0.3, 0.4) is 0 Å². The van der Waals surface area contributed by atoms with Crippen LogP contribution in [0.1, 0.15) is 48.5 Å². The Bertz CT molecular complexity index is 525. The molecule has 0 saturated heterocycles. The van der Waals surface area contributed by atoms with E-state index in [1.165, 1.54) is 0 Å². The molecule has 0 spiro atoms. The Labute approximate surface area is 120 Å². The highest BCUT2D eigenvalue weighted by Gasteiger charge is 2.35. The van der Waals surface area contributed by atoms with E-state index in [2.05, 4.69) is 0 Å². The summed E-state index contributed by atoms with van der Waals surface area (Å²) in [7, 11) is 0. The Kier molecular flexibility index (Phi) is 4.54. The third-order valence-electron chi connectivity index (χ3n) is 3.80. The van der Waals surface area contributed by atoms with Crippen LogP contribution in [0.15, 0.2) is 18.2 Å². The second-order valence-electron chi connectivity index (χ2n) is 5.40. The Hall–Kier alpha value is -1.59. The van der Waals surface area contributed by atoms with Gasteiger partial charge in [0.1, 0.15) is 11.9 Å². The van der Waals surface area contributed by atoms with E-state index in [1.54, 1.807) is 0 Å². The standard InChI is InChI=1S/C15H16F4O2/c1-9-4-2-3-5-13(9)21-14(20)10-6-7-12(16)11(8-10)15(17,18)19/h6-9,13H,2-5H2,1H3. The van der Waals surface area contributed by atoms with E-state index < -0.39 is 23.5 Å². The van der Waals surface area contributed by atoms with Crippen LogP contribution in [0.5, 0.6) is 0 Å². The largest absolute Gasteiger partial charge is 0.459 e. The van der Waals surface area contributed by atoms with Gasteiger partial charge in [0.2, 0.25) is 0 Å². The van der Waals surface area contributed by atoms with Crippen molar-refractivity contribution in [1.82, 2.24) is 0 Å². The lowest BCUT2D eigenvalue weighted by molar-refractivity contribution is -0.140. The van der Waals surface area contributed by atoms with Crippen molar-refractivity contribution >= 4 is 5.97 Å². The van der Waals surface area contributed by atoms with Gasteiger partial charge in [0.05, 0.1) is 11.1 Å². The lowest BCUT2D eigenvalue weighted by Gasteiger charge is -2.28. The van der Waals surface area contributed by atoms with Gasteiger partial charge >= 0.3 is 12.1 Å². The summed E-state index contributed by atoms with van der Waals surface area (Å²) in [5, 5.41) is 0. The van der Waals surface area contributed by atoms with Gasteiger partial charge in [-0.3, -0.25) is 0 Å². The van der Waals surface area contributed by atoms with Crippen molar-refractivity contribution in [2.45, 2.75) is 44.9 Å². The third-order valence-corrected chi connectivity index (χ3v) is 3.80. The van der Waals surface area contributed by atoms with Gasteiger partial charge in [0, 0.05) is 0 Å². The van der Waals surface area contributed by atoms with E-state index in [0.29, 0.717) is 18.6 Å². The first-order valence-electron chi connectivity index (χ1n) is 6.87. The molecule has 0 N–H and O–H groups in total. The van der Waals surface area contributed by atoms with Crippen molar-refractivity contribution < 1.29 is 27.1 Å². The SMILES string of the molecule is CC1CCCCC1OC(=O)c1ccc(F)c(C(F)(F)F)c1. The average Bonchev–Trinajstić information content (AvgIpc) is 2.40. The molecule has 1 aliphatic carbocycles. The molecule has 1 fully saturated rings. The Morgan fingerprint density at radius 2 is 1.90 bits per heavy atom. The smallest absolute Gasteiger partial charge is 0.419 e. The van der Waals surface area contributed by atoms with Crippen LogP contribution in [-0.2, 0) is 10.9 Å². The van der Waals surface area contributed by atoms with Crippen molar-refractivity contribution in [2.75, 3.05) is 0 Å². The predicted octanol–water partition coefficient (Wildman–Crippen LogP) is 4.58. The van der Waals surface area contributed by atoms with Crippen molar-refractivity contribution in [3.63, 3.8) is 0 Å². The number of halogens is 4. The zero-order valence-electron chi connectivity index (χ0n) is 11.5. The summed E-state index contributed by atoms with van der Waals surface area (Å²) in [5.74, 6) is -2.05. The van der Waals surface area contributed by atoms with E-state index in [0.717, 1.165) is 25.3 Å². The molecule has 2 unspecified atom stereocenters. The molecule has 0 aromatic heterocycles. The molecular weight excluding hydrogens is 288 g/mol. The van der Waals surface area contributed by atoms with Crippen LogP contribution in [0.25, 0.3) is 0 Å². The van der Waals surface area contributed by atoms with Crippen molar-refractivity contribution in [2.24, 2.45) is 5.92 Å². The zero-order chi connectivity index (χ0) is 15.6. The maximum atomic E-state index is 13.2. The number of carbonyl (C=O) groups excluding carboxylic acids is 1. The number of alkyl halides is 3. The maximum absolute atomic E-state index is 13.2. The minimum Gasteiger partial charge on any atom is -0.459 e. The number of benzene rings is 1. The first-order chi connectivity index (χ1) is 9.79. The molecule has 21 heavy (non-hydrogen) atoms. The molecule has 0 heterocycles. The van der Waals surface area contributed by atoms with Crippen LogP contribution in [-0.4, -0.2) is 12.1 Å². The highest BCUT2D eigenvalue weighted by atomic mass is 19.4. The fourth-order valence-electron chi connectivity index (χ4n) is 2.53. The van der Waals surface area contributed by atoms with Gasteiger partial charge in [0.15, 0.2) is 0 Å². The Morgan fingerprint density at radius 3 is 2.52 bits per heavy atom. The number of rotatable bonds is 2. The molecular formula is C15H16F4O2. The lowest BCUT2D eigenvalue weighted by atomic mass is 9.88. The summed E-state index contributed by atoms with van der Waals surface area (Å²) in [6.45, 7) is 1.95. The van der Waals surface area contributed by atoms with Gasteiger partial charge in [-0.1, -0.05) is 13.3 Å². The highest BCUT2D eigenvalue weighted by molar-refractivity contribution is 5.89. The van der Waals surface area contributed by atoms with Crippen molar-refractivity contribution in [1.29, 1.82) is 0 Å². The molecule has 1 aromatic carbocycles. The maximum Gasteiger partial charge on any atom is 0.419 e. The van der Waals surface area contributed by atoms with Gasteiger partial charge in [-0.15, -0.1) is 0 Å². The molecule has 1 aliphatic rings. The molecule has 116 valence electrons. The van der Waals surface area contributed by atoms with Gasteiger partial charge in [-0.05, 0) is 43.4 Å². The van der Waals surface area contributed by atoms with Crippen LogP contribution < -0.4 is 0 Å². The number of ether oxygens (including phenoxy) is 1. The molecule has 2 nitrogen and oxygen atoms in total. The number of hydrogen-bond donors (Lipinski definition) is 0. The summed E-state index contributed by atoms with van der Waals surface area (Å²) < 4.78 is 56.3. The zero-order valence-corrected chi connectivity index (χ0v) is 11.5. The molecule has 0 amide bonds. The highest BCUT2D eigenvalue weighted by Crippen LogP contribution is 2.32. The molecule has 1 aromatic rings. The number of esters is 1. The van der Waals surface area contributed by atoms with Crippen molar-refractivity contribution in [3.8, 4) is 0 Å². The molecule has 6 heteroatoms. The van der Waals surface area contributed by atoms with Crippen molar-refractivity contribution in [3.05, 3.63) is 35.1 Å². The second-order valence-corrected chi connectivity index (χ2v) is 5.40. The van der Waals surface area contributed by atoms with Crippen LogP contribution in [0.4, 0.5) is 17.6 Å². The molecule has 2 rings (SSSR count). The minimum atomic E-state index is -4.83. The number of hydrogen-bond acceptors (Lipinski definition) is 2. The molecule has 1 saturated carbocycles. The molecule has 0 bridgehead atoms. The quantitative estimate of drug-likeness (QED) is 0.590. The second kappa shape index (κ2) is 6.03. The van der Waals surface area contributed by atoms with Gasteiger partial charge in [-0.25, -0.2) is 9.18 Å².